The molecule has 1 aliphatic carbocycles. The Hall–Kier alpha value is -2.50. The number of benzene rings is 1. The van der Waals surface area contributed by atoms with Crippen molar-refractivity contribution >= 4 is 5.96 Å². The maximum atomic E-state index is 8.85. The lowest BCUT2D eigenvalue weighted by atomic mass is 10.00. The molecule has 1 atom stereocenters. The number of nitrogens with two attached hydrogens (primary N) is 1. The molecule has 8 heteroatoms. The van der Waals surface area contributed by atoms with Crippen LogP contribution >= 0.6 is 0 Å². The molecule has 0 spiro atoms. The quantitative estimate of drug-likeness (QED) is 0.268. The number of rotatable bonds is 11. The van der Waals surface area contributed by atoms with Gasteiger partial charge in [0.05, 0.1) is 20.3 Å². The van der Waals surface area contributed by atoms with E-state index in [1.54, 1.807) is 32.4 Å². The zero-order valence-electron chi connectivity index (χ0n) is 17.1. The number of nitriles is 1. The Kier molecular flexibility index (Phi) is 8.36. The van der Waals surface area contributed by atoms with Gasteiger partial charge in [0.1, 0.15) is 0 Å². The van der Waals surface area contributed by atoms with Crippen LogP contribution in [0.2, 0.25) is 0 Å². The lowest BCUT2D eigenvalue weighted by molar-refractivity contribution is -0.109. The smallest absolute Gasteiger partial charge is 0.209 e. The van der Waals surface area contributed by atoms with E-state index in [1.165, 1.54) is 12.8 Å². The Bertz CT molecular complexity index is 696. The van der Waals surface area contributed by atoms with Gasteiger partial charge >= 0.3 is 0 Å². The molecule has 8 nitrogen and oxygen atoms in total. The van der Waals surface area contributed by atoms with E-state index < -0.39 is 6.29 Å². The molecule has 0 aromatic heterocycles. The number of guanidine groups is 1. The number of methoxy groups -OCH3 is 3. The first-order valence-corrected chi connectivity index (χ1v) is 9.35. The molecule has 1 saturated carbocycles. The summed E-state index contributed by atoms with van der Waals surface area (Å²) in [5, 5.41) is 8.85. The second-order valence-corrected chi connectivity index (χ2v) is 6.94. The summed E-state index contributed by atoms with van der Waals surface area (Å²) in [5.41, 5.74) is 7.05. The number of hydrogen-bond donors (Lipinski definition) is 1. The van der Waals surface area contributed by atoms with E-state index in [0.717, 1.165) is 17.1 Å². The fraction of sp³-hybridized carbons (Fsp3) is 0.600. The molecule has 0 saturated heterocycles. The monoisotopic (exact) mass is 390 g/mol. The lowest BCUT2D eigenvalue weighted by Gasteiger charge is -2.29. The summed E-state index contributed by atoms with van der Waals surface area (Å²) in [6, 6.07) is 5.93. The van der Waals surface area contributed by atoms with Crippen LogP contribution in [-0.2, 0) is 9.47 Å². The minimum absolute atomic E-state index is 0.0935. The van der Waals surface area contributed by atoms with Gasteiger partial charge in [-0.1, -0.05) is 13.0 Å². The highest BCUT2D eigenvalue weighted by atomic mass is 16.7. The second-order valence-electron chi connectivity index (χ2n) is 6.94. The first kappa shape index (κ1) is 21.8. The summed E-state index contributed by atoms with van der Waals surface area (Å²) in [4.78, 5) is 5.44. The zero-order chi connectivity index (χ0) is 20.5. The van der Waals surface area contributed by atoms with Crippen LogP contribution in [0.1, 0.15) is 31.2 Å². The Balaban J connectivity index is 2.14. The van der Waals surface area contributed by atoms with Gasteiger partial charge < -0.3 is 29.6 Å². The number of ether oxygens (including phenoxy) is 4. The molecule has 2 N–H and O–H groups in total. The van der Waals surface area contributed by atoms with Gasteiger partial charge in [-0.25, -0.2) is 0 Å². The van der Waals surface area contributed by atoms with Crippen LogP contribution in [0.25, 0.3) is 0 Å². The van der Waals surface area contributed by atoms with E-state index in [2.05, 4.69) is 11.9 Å². The molecule has 0 bridgehead atoms. The number of aliphatic imine (C=N–C) groups is 1. The SMILES string of the molecule is COc1ccc(C(C)CN(CC(OC)OC)C(N)=NC#N)cc1OCC1CC1. The topological polar surface area (TPSA) is 102 Å². The van der Waals surface area contributed by atoms with Crippen LogP contribution in [0.15, 0.2) is 23.2 Å². The molecule has 2 rings (SSSR count). The summed E-state index contributed by atoms with van der Waals surface area (Å²) in [6.45, 7) is 3.68. The van der Waals surface area contributed by atoms with Crippen LogP contribution < -0.4 is 15.2 Å². The van der Waals surface area contributed by atoms with Gasteiger partial charge in [0.25, 0.3) is 0 Å². The molecule has 1 aromatic carbocycles. The highest BCUT2D eigenvalue weighted by Crippen LogP contribution is 2.34. The summed E-state index contributed by atoms with van der Waals surface area (Å²) >= 11 is 0. The highest BCUT2D eigenvalue weighted by molar-refractivity contribution is 5.79. The van der Waals surface area contributed by atoms with E-state index in [1.807, 2.05) is 18.2 Å². The number of nitrogens with zero attached hydrogens (tertiary/aromatic N) is 3. The van der Waals surface area contributed by atoms with Crippen molar-refractivity contribution in [3.05, 3.63) is 23.8 Å². The minimum atomic E-state index is -0.479. The van der Waals surface area contributed by atoms with Gasteiger partial charge in [0.2, 0.25) is 12.2 Å². The van der Waals surface area contributed by atoms with Crippen molar-refractivity contribution in [1.82, 2.24) is 4.90 Å². The molecule has 0 radical (unpaired) electrons. The van der Waals surface area contributed by atoms with E-state index in [0.29, 0.717) is 25.6 Å². The first-order chi connectivity index (χ1) is 13.5. The third-order valence-electron chi connectivity index (χ3n) is 4.81. The summed E-state index contributed by atoms with van der Waals surface area (Å²) in [5.74, 6) is 2.35. The molecule has 1 aliphatic rings. The van der Waals surface area contributed by atoms with Crippen molar-refractivity contribution in [3.63, 3.8) is 0 Å². The van der Waals surface area contributed by atoms with Crippen molar-refractivity contribution < 1.29 is 18.9 Å². The zero-order valence-corrected chi connectivity index (χ0v) is 17.1. The van der Waals surface area contributed by atoms with E-state index >= 15 is 0 Å². The lowest BCUT2D eigenvalue weighted by Crippen LogP contribution is -2.44. The van der Waals surface area contributed by atoms with E-state index in [-0.39, 0.29) is 11.9 Å². The van der Waals surface area contributed by atoms with Gasteiger partial charge in [-0.05, 0) is 42.4 Å². The van der Waals surface area contributed by atoms with Crippen molar-refractivity contribution in [2.45, 2.75) is 32.0 Å². The molecule has 1 aromatic rings. The van der Waals surface area contributed by atoms with Gasteiger partial charge in [-0.15, -0.1) is 4.99 Å². The van der Waals surface area contributed by atoms with Crippen LogP contribution in [0.5, 0.6) is 11.5 Å². The Morgan fingerprint density at radius 2 is 1.96 bits per heavy atom. The van der Waals surface area contributed by atoms with E-state index in [4.69, 9.17) is 29.9 Å². The van der Waals surface area contributed by atoms with Crippen molar-refractivity contribution in [1.29, 1.82) is 5.26 Å². The predicted molar refractivity (Wildman–Crippen MR) is 106 cm³/mol. The van der Waals surface area contributed by atoms with Crippen LogP contribution in [0, 0.1) is 17.4 Å². The van der Waals surface area contributed by atoms with Crippen molar-refractivity contribution in [2.24, 2.45) is 16.6 Å². The molecule has 0 aliphatic heterocycles. The van der Waals surface area contributed by atoms with Crippen LogP contribution in [0.3, 0.4) is 0 Å². The second kappa shape index (κ2) is 10.7. The third kappa shape index (κ3) is 6.29. The van der Waals surface area contributed by atoms with Gasteiger partial charge in [0.15, 0.2) is 17.8 Å². The summed E-state index contributed by atoms with van der Waals surface area (Å²) in [6.07, 6.45) is 3.71. The molecular weight excluding hydrogens is 360 g/mol. The standard InChI is InChI=1S/C20H30N4O4/c1-14(10-24(20(22)23-13-21)11-19(26-3)27-4)16-7-8-17(25-2)18(9-16)28-12-15-5-6-15/h7-9,14-15,19H,5-6,10-12H2,1-4H3,(H2,22,23). The molecule has 1 fully saturated rings. The molecule has 154 valence electrons. The Labute approximate surface area is 166 Å². The minimum Gasteiger partial charge on any atom is -0.493 e. The van der Waals surface area contributed by atoms with Gasteiger partial charge in [0, 0.05) is 20.8 Å². The average molecular weight is 390 g/mol. The van der Waals surface area contributed by atoms with Crippen molar-refractivity contribution in [3.8, 4) is 17.7 Å². The molecule has 28 heavy (non-hydrogen) atoms. The Morgan fingerprint density at radius 1 is 1.25 bits per heavy atom. The predicted octanol–water partition coefficient (Wildman–Crippen LogP) is 2.30. The van der Waals surface area contributed by atoms with Crippen LogP contribution in [0.4, 0.5) is 0 Å². The normalized spacial score (nSPS) is 15.2. The van der Waals surface area contributed by atoms with Gasteiger partial charge in [-0.3, -0.25) is 0 Å². The maximum absolute atomic E-state index is 8.85. The highest BCUT2D eigenvalue weighted by Gasteiger charge is 2.23. The molecular formula is C20H30N4O4. The summed E-state index contributed by atoms with van der Waals surface area (Å²) in [7, 11) is 4.75. The largest absolute Gasteiger partial charge is 0.493 e. The Morgan fingerprint density at radius 3 is 2.54 bits per heavy atom. The summed E-state index contributed by atoms with van der Waals surface area (Å²) < 4.78 is 21.9. The molecule has 1 unspecified atom stereocenters. The average Bonchev–Trinajstić information content (AvgIpc) is 3.53. The maximum Gasteiger partial charge on any atom is 0.209 e. The fourth-order valence-corrected chi connectivity index (χ4v) is 2.85. The molecule has 0 amide bonds. The van der Waals surface area contributed by atoms with Gasteiger partial charge in [-0.2, -0.15) is 5.26 Å². The molecule has 0 heterocycles. The van der Waals surface area contributed by atoms with E-state index in [9.17, 15) is 0 Å². The first-order valence-electron chi connectivity index (χ1n) is 9.35. The third-order valence-corrected chi connectivity index (χ3v) is 4.81. The van der Waals surface area contributed by atoms with Crippen molar-refractivity contribution in [2.75, 3.05) is 41.0 Å². The fourth-order valence-electron chi connectivity index (χ4n) is 2.85. The number of hydrogen-bond acceptors (Lipinski definition) is 6. The van der Waals surface area contributed by atoms with Crippen LogP contribution in [-0.4, -0.2) is 58.2 Å².